The Labute approximate surface area is 164 Å². The second kappa shape index (κ2) is 6.96. The van der Waals surface area contributed by atoms with Gasteiger partial charge in [0.2, 0.25) is 0 Å². The summed E-state index contributed by atoms with van der Waals surface area (Å²) in [6.07, 6.45) is 2.25. The van der Waals surface area contributed by atoms with Gasteiger partial charge >= 0.3 is 0 Å². The molecule has 1 aromatic heterocycles. The Bertz CT molecular complexity index is 920. The molecule has 148 valence electrons. The number of hydrogen-bond donors (Lipinski definition) is 0. The van der Waals surface area contributed by atoms with E-state index in [1.165, 1.54) is 11.3 Å². The number of ether oxygens (including phenoxy) is 1. The predicted molar refractivity (Wildman–Crippen MR) is 103 cm³/mol. The van der Waals surface area contributed by atoms with Crippen molar-refractivity contribution in [2.45, 2.75) is 32.2 Å². The molecule has 7 nitrogen and oxygen atoms in total. The molecule has 5 rings (SSSR count). The van der Waals surface area contributed by atoms with E-state index in [-0.39, 0.29) is 23.8 Å². The van der Waals surface area contributed by atoms with Crippen LogP contribution in [-0.4, -0.2) is 59.9 Å². The number of rotatable bonds is 5. The van der Waals surface area contributed by atoms with Gasteiger partial charge in [-0.2, -0.15) is 0 Å². The summed E-state index contributed by atoms with van der Waals surface area (Å²) in [5.41, 5.74) is 1.99. The van der Waals surface area contributed by atoms with Crippen LogP contribution in [0.3, 0.4) is 0 Å². The maximum absolute atomic E-state index is 13.1. The number of benzene rings is 1. The van der Waals surface area contributed by atoms with E-state index >= 15 is 0 Å². The maximum Gasteiger partial charge on any atom is 0.275 e. The molecule has 0 N–H and O–H groups in total. The number of fused-ring (bicyclic) bond motifs is 1. The largest absolute Gasteiger partial charge is 0.494 e. The SMILES string of the molecule is CCOc1cc(C(=O)N2CC3CC2C3c2ocnc2C(=O)N(C)C)ccc1C. The quantitative estimate of drug-likeness (QED) is 0.794. The molecule has 1 saturated carbocycles. The lowest BCUT2D eigenvalue weighted by Gasteiger charge is -2.35. The molecule has 2 aromatic rings. The first-order chi connectivity index (χ1) is 13.4. The van der Waals surface area contributed by atoms with E-state index in [1.807, 2.05) is 36.9 Å². The van der Waals surface area contributed by atoms with E-state index in [0.717, 1.165) is 17.7 Å². The van der Waals surface area contributed by atoms with Gasteiger partial charge in [-0.1, -0.05) is 6.07 Å². The van der Waals surface area contributed by atoms with Gasteiger partial charge in [0.15, 0.2) is 12.1 Å². The molecule has 3 atom stereocenters. The molecule has 2 bridgehead atoms. The maximum atomic E-state index is 13.1. The van der Waals surface area contributed by atoms with E-state index in [4.69, 9.17) is 9.15 Å². The lowest BCUT2D eigenvalue weighted by atomic mass is 9.72. The van der Waals surface area contributed by atoms with Crippen molar-refractivity contribution in [1.29, 1.82) is 0 Å². The Hall–Kier alpha value is -2.83. The summed E-state index contributed by atoms with van der Waals surface area (Å²) in [7, 11) is 3.39. The molecule has 2 saturated heterocycles. The third kappa shape index (κ3) is 2.85. The summed E-state index contributed by atoms with van der Waals surface area (Å²) in [5, 5.41) is 0. The van der Waals surface area contributed by atoms with E-state index < -0.39 is 0 Å². The van der Waals surface area contributed by atoms with Gasteiger partial charge in [-0.15, -0.1) is 0 Å². The van der Waals surface area contributed by atoms with Crippen LogP contribution in [0.25, 0.3) is 0 Å². The number of carbonyl (C=O) groups is 2. The number of aromatic nitrogens is 1. The van der Waals surface area contributed by atoms with Crippen molar-refractivity contribution in [3.05, 3.63) is 47.2 Å². The molecule has 0 spiro atoms. The van der Waals surface area contributed by atoms with Crippen molar-refractivity contribution in [1.82, 2.24) is 14.8 Å². The van der Waals surface area contributed by atoms with Crippen LogP contribution in [0.15, 0.2) is 29.0 Å². The molecular weight excluding hydrogens is 358 g/mol. The Kier molecular flexibility index (Phi) is 4.61. The summed E-state index contributed by atoms with van der Waals surface area (Å²) >= 11 is 0. The highest BCUT2D eigenvalue weighted by Crippen LogP contribution is 2.53. The standard InChI is InChI=1S/C21H25N3O4/c1-5-27-16-9-13(7-6-12(16)2)20(25)24-10-14-8-15(24)17(14)19-18(22-11-28-19)21(26)23(3)4/h6-7,9,11,14-15,17H,5,8,10H2,1-4H3. The zero-order valence-electron chi connectivity index (χ0n) is 16.6. The van der Waals surface area contributed by atoms with Gasteiger partial charge in [0.05, 0.1) is 6.61 Å². The minimum atomic E-state index is -0.173. The van der Waals surface area contributed by atoms with Gasteiger partial charge in [-0.25, -0.2) is 4.98 Å². The van der Waals surface area contributed by atoms with E-state index in [9.17, 15) is 9.59 Å². The van der Waals surface area contributed by atoms with Crippen LogP contribution < -0.4 is 4.74 Å². The number of aryl methyl sites for hydroxylation is 1. The molecule has 7 heteroatoms. The van der Waals surface area contributed by atoms with Crippen molar-refractivity contribution < 1.29 is 18.7 Å². The number of carbonyl (C=O) groups excluding carboxylic acids is 2. The van der Waals surface area contributed by atoms with Crippen LogP contribution in [0.4, 0.5) is 0 Å². The van der Waals surface area contributed by atoms with Crippen molar-refractivity contribution in [2.24, 2.45) is 5.92 Å². The fourth-order valence-electron chi connectivity index (χ4n) is 4.32. The van der Waals surface area contributed by atoms with Crippen molar-refractivity contribution in [3.63, 3.8) is 0 Å². The number of nitrogens with zero attached hydrogens (tertiary/aromatic N) is 3. The molecule has 28 heavy (non-hydrogen) atoms. The van der Waals surface area contributed by atoms with Gasteiger partial charge < -0.3 is 19.0 Å². The normalized spacial score (nSPS) is 22.7. The fraction of sp³-hybridized carbons (Fsp3) is 0.476. The van der Waals surface area contributed by atoms with Gasteiger partial charge in [0.25, 0.3) is 11.8 Å². The zero-order valence-corrected chi connectivity index (χ0v) is 16.6. The first-order valence-corrected chi connectivity index (χ1v) is 9.61. The number of hydrogen-bond acceptors (Lipinski definition) is 5. The molecule has 2 aliphatic heterocycles. The van der Waals surface area contributed by atoms with Crippen LogP contribution in [-0.2, 0) is 0 Å². The Balaban J connectivity index is 1.56. The van der Waals surface area contributed by atoms with E-state index in [1.54, 1.807) is 14.1 Å². The molecule has 3 unspecified atom stereocenters. The Morgan fingerprint density at radius 3 is 2.86 bits per heavy atom. The van der Waals surface area contributed by atoms with Crippen molar-refractivity contribution in [2.75, 3.05) is 27.2 Å². The van der Waals surface area contributed by atoms with Crippen molar-refractivity contribution in [3.8, 4) is 5.75 Å². The van der Waals surface area contributed by atoms with Crippen LogP contribution >= 0.6 is 0 Å². The topological polar surface area (TPSA) is 75.9 Å². The number of amides is 2. The molecular formula is C21H25N3O4. The summed E-state index contributed by atoms with van der Waals surface area (Å²) < 4.78 is 11.2. The molecule has 1 aromatic carbocycles. The van der Waals surface area contributed by atoms with Gasteiger partial charge in [-0.05, 0) is 43.9 Å². The highest BCUT2D eigenvalue weighted by molar-refractivity contribution is 5.96. The first kappa shape index (κ1) is 18.5. The summed E-state index contributed by atoms with van der Waals surface area (Å²) in [6, 6.07) is 5.62. The lowest BCUT2D eigenvalue weighted by Crippen LogP contribution is -2.40. The highest BCUT2D eigenvalue weighted by Gasteiger charge is 2.56. The predicted octanol–water partition coefficient (Wildman–Crippen LogP) is 2.71. The van der Waals surface area contributed by atoms with Crippen LogP contribution in [0.1, 0.15) is 51.4 Å². The summed E-state index contributed by atoms with van der Waals surface area (Å²) in [6.45, 7) is 5.12. The highest BCUT2D eigenvalue weighted by atomic mass is 16.5. The van der Waals surface area contributed by atoms with E-state index in [2.05, 4.69) is 4.98 Å². The lowest BCUT2D eigenvalue weighted by molar-refractivity contribution is 0.0728. The average Bonchev–Trinajstić information content (AvgIpc) is 3.37. The smallest absolute Gasteiger partial charge is 0.275 e. The molecule has 2 amide bonds. The summed E-state index contributed by atoms with van der Waals surface area (Å²) in [4.78, 5) is 33.1. The van der Waals surface area contributed by atoms with Gasteiger partial charge in [0.1, 0.15) is 11.5 Å². The molecule has 0 radical (unpaired) electrons. The van der Waals surface area contributed by atoms with Crippen LogP contribution in [0, 0.1) is 12.8 Å². The van der Waals surface area contributed by atoms with E-state index in [0.29, 0.717) is 36.1 Å². The van der Waals surface area contributed by atoms with Gasteiger partial charge in [0, 0.05) is 38.2 Å². The van der Waals surface area contributed by atoms with Crippen LogP contribution in [0.2, 0.25) is 0 Å². The zero-order chi connectivity index (χ0) is 20.0. The van der Waals surface area contributed by atoms with Gasteiger partial charge in [-0.3, -0.25) is 9.59 Å². The third-order valence-electron chi connectivity index (χ3n) is 5.80. The van der Waals surface area contributed by atoms with Crippen molar-refractivity contribution >= 4 is 11.8 Å². The minimum absolute atomic E-state index is 0.00375. The second-order valence-corrected chi connectivity index (χ2v) is 7.72. The Morgan fingerprint density at radius 1 is 1.36 bits per heavy atom. The minimum Gasteiger partial charge on any atom is -0.494 e. The third-order valence-corrected chi connectivity index (χ3v) is 5.80. The summed E-state index contributed by atoms with van der Waals surface area (Å²) in [5.74, 6) is 1.50. The molecule has 3 fully saturated rings. The number of oxazole rings is 1. The average molecular weight is 383 g/mol. The molecule has 3 heterocycles. The van der Waals surface area contributed by atoms with Crippen LogP contribution in [0.5, 0.6) is 5.75 Å². The second-order valence-electron chi connectivity index (χ2n) is 7.72. The monoisotopic (exact) mass is 383 g/mol. The molecule has 3 aliphatic rings. The first-order valence-electron chi connectivity index (χ1n) is 9.61. The Morgan fingerprint density at radius 2 is 2.14 bits per heavy atom. The molecule has 1 aliphatic carbocycles. The fourth-order valence-corrected chi connectivity index (χ4v) is 4.32.